The fourth-order valence-electron chi connectivity index (χ4n) is 3.10. The highest BCUT2D eigenvalue weighted by Gasteiger charge is 2.23. The number of carbonyl (C=O) groups is 1. The Bertz CT molecular complexity index is 1200. The lowest BCUT2D eigenvalue weighted by atomic mass is 10.1. The second-order valence-electron chi connectivity index (χ2n) is 6.71. The minimum Gasteiger partial charge on any atom is -0.497 e. The molecule has 1 amide bonds. The number of nitrogens with one attached hydrogen (secondary N) is 1. The van der Waals surface area contributed by atoms with E-state index < -0.39 is 5.91 Å². The summed E-state index contributed by atoms with van der Waals surface area (Å²) in [5.74, 6) is 1.33. The Kier molecular flexibility index (Phi) is 5.57. The Morgan fingerprint density at radius 3 is 2.35 bits per heavy atom. The number of nitrogen functional groups attached to an aromatic ring is 1. The first-order valence-corrected chi connectivity index (χ1v) is 9.54. The first-order chi connectivity index (χ1) is 15.1. The molecule has 7 nitrogen and oxygen atoms in total. The third-order valence-electron chi connectivity index (χ3n) is 4.69. The van der Waals surface area contributed by atoms with Gasteiger partial charge in [0.25, 0.3) is 5.91 Å². The van der Waals surface area contributed by atoms with E-state index >= 15 is 0 Å². The van der Waals surface area contributed by atoms with Crippen molar-refractivity contribution in [3.05, 3.63) is 78.5 Å². The highest BCUT2D eigenvalue weighted by molar-refractivity contribution is 6.07. The number of carbonyl (C=O) groups excluding carboxylic acids is 1. The average Bonchev–Trinajstić information content (AvgIpc) is 3.26. The van der Waals surface area contributed by atoms with Crippen molar-refractivity contribution < 1.29 is 18.7 Å². The quantitative estimate of drug-likeness (QED) is 0.436. The molecule has 0 unspecified atom stereocenters. The van der Waals surface area contributed by atoms with E-state index in [1.807, 2.05) is 30.3 Å². The van der Waals surface area contributed by atoms with Gasteiger partial charge in [-0.3, -0.25) is 4.79 Å². The smallest absolute Gasteiger partial charge is 0.278 e. The molecule has 0 saturated heterocycles. The average molecular weight is 415 g/mol. The maximum Gasteiger partial charge on any atom is 0.278 e. The summed E-state index contributed by atoms with van der Waals surface area (Å²) >= 11 is 0. The van der Waals surface area contributed by atoms with Crippen LogP contribution < -0.4 is 20.5 Å². The van der Waals surface area contributed by atoms with Crippen LogP contribution in [0, 0.1) is 0 Å². The molecule has 0 fully saturated rings. The molecule has 0 aliphatic rings. The predicted molar refractivity (Wildman–Crippen MR) is 119 cm³/mol. The van der Waals surface area contributed by atoms with Gasteiger partial charge in [-0.05, 0) is 48.5 Å². The Labute approximate surface area is 179 Å². The number of amides is 1. The van der Waals surface area contributed by atoms with Crippen molar-refractivity contribution in [1.82, 2.24) is 4.98 Å². The van der Waals surface area contributed by atoms with Crippen LogP contribution in [0.5, 0.6) is 11.5 Å². The number of hydrogen-bond donors (Lipinski definition) is 2. The van der Waals surface area contributed by atoms with E-state index in [4.69, 9.17) is 19.6 Å². The minimum atomic E-state index is -0.440. The zero-order valence-electron chi connectivity index (χ0n) is 17.1. The van der Waals surface area contributed by atoms with Crippen molar-refractivity contribution in [2.45, 2.75) is 0 Å². The van der Waals surface area contributed by atoms with Crippen LogP contribution in [0.2, 0.25) is 0 Å². The van der Waals surface area contributed by atoms with Crippen LogP contribution >= 0.6 is 0 Å². The summed E-state index contributed by atoms with van der Waals surface area (Å²) in [5.41, 5.74) is 8.47. The van der Waals surface area contributed by atoms with Gasteiger partial charge in [-0.2, -0.15) is 0 Å². The molecule has 0 aliphatic heterocycles. The molecule has 0 saturated carbocycles. The fraction of sp³-hybridized carbons (Fsp3) is 0.0833. The number of rotatable bonds is 6. The Balaban J connectivity index is 1.77. The number of oxazole rings is 1. The normalized spacial score (nSPS) is 10.5. The number of benzene rings is 3. The van der Waals surface area contributed by atoms with Gasteiger partial charge < -0.3 is 24.9 Å². The lowest BCUT2D eigenvalue weighted by Gasteiger charge is -2.11. The van der Waals surface area contributed by atoms with Gasteiger partial charge in [-0.1, -0.05) is 18.2 Å². The number of hydrogen-bond acceptors (Lipinski definition) is 6. The fourth-order valence-corrected chi connectivity index (χ4v) is 3.10. The van der Waals surface area contributed by atoms with Gasteiger partial charge in [0.2, 0.25) is 5.89 Å². The van der Waals surface area contributed by atoms with Crippen molar-refractivity contribution >= 4 is 17.3 Å². The van der Waals surface area contributed by atoms with Crippen molar-refractivity contribution in [2.24, 2.45) is 0 Å². The highest BCUT2D eigenvalue weighted by Crippen LogP contribution is 2.33. The van der Waals surface area contributed by atoms with Crippen LogP contribution in [0.3, 0.4) is 0 Å². The first-order valence-electron chi connectivity index (χ1n) is 9.54. The first kappa shape index (κ1) is 20.0. The SMILES string of the molecule is COc1ccc(OC)c(NC(=O)c2nc(-c3ccccc3)oc2-c2ccc(N)cc2)c1. The maximum absolute atomic E-state index is 13.2. The molecule has 3 aromatic carbocycles. The molecule has 7 heteroatoms. The number of nitrogens with two attached hydrogens (primary N) is 1. The number of ether oxygens (including phenoxy) is 2. The summed E-state index contributed by atoms with van der Waals surface area (Å²) in [6, 6.07) is 21.6. The summed E-state index contributed by atoms with van der Waals surface area (Å²) in [6.45, 7) is 0. The topological polar surface area (TPSA) is 99.6 Å². The zero-order chi connectivity index (χ0) is 21.8. The molecule has 3 N–H and O–H groups in total. The lowest BCUT2D eigenvalue weighted by Crippen LogP contribution is -2.14. The molecule has 1 aromatic heterocycles. The molecule has 1 heterocycles. The van der Waals surface area contributed by atoms with Crippen molar-refractivity contribution in [3.63, 3.8) is 0 Å². The molecule has 156 valence electrons. The van der Waals surface area contributed by atoms with Gasteiger partial charge in [0, 0.05) is 22.9 Å². The van der Waals surface area contributed by atoms with E-state index in [0.717, 1.165) is 5.56 Å². The second-order valence-corrected chi connectivity index (χ2v) is 6.71. The molecule has 4 rings (SSSR count). The molecule has 0 aliphatic carbocycles. The van der Waals surface area contributed by atoms with Gasteiger partial charge in [0.1, 0.15) is 11.5 Å². The number of nitrogens with zero attached hydrogens (tertiary/aromatic N) is 1. The van der Waals surface area contributed by atoms with Gasteiger partial charge >= 0.3 is 0 Å². The monoisotopic (exact) mass is 415 g/mol. The molecule has 0 spiro atoms. The Hall–Kier alpha value is -4.26. The second kappa shape index (κ2) is 8.62. The van der Waals surface area contributed by atoms with Gasteiger partial charge in [-0.15, -0.1) is 0 Å². The van der Waals surface area contributed by atoms with Crippen LogP contribution in [-0.4, -0.2) is 25.1 Å². The minimum absolute atomic E-state index is 0.147. The standard InChI is InChI=1S/C24H21N3O4/c1-29-18-12-13-20(30-2)19(14-18)26-23(28)21-22(15-8-10-17(25)11-9-15)31-24(27-21)16-6-4-3-5-7-16/h3-14H,25H2,1-2H3,(H,26,28). The summed E-state index contributed by atoms with van der Waals surface area (Å²) in [7, 11) is 3.08. The number of anilines is 2. The largest absolute Gasteiger partial charge is 0.497 e. The summed E-state index contributed by atoms with van der Waals surface area (Å²) in [5, 5.41) is 2.85. The lowest BCUT2D eigenvalue weighted by molar-refractivity contribution is 0.102. The Morgan fingerprint density at radius 1 is 0.935 bits per heavy atom. The van der Waals surface area contributed by atoms with E-state index in [9.17, 15) is 4.79 Å². The molecule has 0 atom stereocenters. The summed E-state index contributed by atoms with van der Waals surface area (Å²) in [6.07, 6.45) is 0. The van der Waals surface area contributed by atoms with E-state index in [1.165, 1.54) is 7.11 Å². The number of methoxy groups -OCH3 is 2. The molecule has 0 bridgehead atoms. The predicted octanol–water partition coefficient (Wildman–Crippen LogP) is 4.86. The third kappa shape index (κ3) is 4.20. The maximum atomic E-state index is 13.2. The van der Waals surface area contributed by atoms with E-state index in [-0.39, 0.29) is 5.69 Å². The van der Waals surface area contributed by atoms with Crippen LogP contribution in [0.15, 0.2) is 77.2 Å². The van der Waals surface area contributed by atoms with E-state index in [2.05, 4.69) is 10.3 Å². The van der Waals surface area contributed by atoms with Crippen molar-refractivity contribution in [1.29, 1.82) is 0 Å². The van der Waals surface area contributed by atoms with Crippen LogP contribution in [0.4, 0.5) is 11.4 Å². The molecule has 0 radical (unpaired) electrons. The van der Waals surface area contributed by atoms with Crippen LogP contribution in [0.1, 0.15) is 10.5 Å². The number of aromatic nitrogens is 1. The molecule has 4 aromatic rings. The summed E-state index contributed by atoms with van der Waals surface area (Å²) < 4.78 is 16.6. The molecular weight excluding hydrogens is 394 g/mol. The van der Waals surface area contributed by atoms with Crippen LogP contribution in [-0.2, 0) is 0 Å². The van der Waals surface area contributed by atoms with Gasteiger partial charge in [0.15, 0.2) is 11.5 Å². The Morgan fingerprint density at radius 2 is 1.68 bits per heavy atom. The molecular formula is C24H21N3O4. The highest BCUT2D eigenvalue weighted by atomic mass is 16.5. The van der Waals surface area contributed by atoms with Crippen LogP contribution in [0.25, 0.3) is 22.8 Å². The van der Waals surface area contributed by atoms with Crippen molar-refractivity contribution in [2.75, 3.05) is 25.3 Å². The summed E-state index contributed by atoms with van der Waals surface area (Å²) in [4.78, 5) is 17.7. The van der Waals surface area contributed by atoms with E-state index in [0.29, 0.717) is 40.1 Å². The van der Waals surface area contributed by atoms with Gasteiger partial charge in [-0.25, -0.2) is 4.98 Å². The third-order valence-corrected chi connectivity index (χ3v) is 4.69. The van der Waals surface area contributed by atoms with Gasteiger partial charge in [0.05, 0.1) is 19.9 Å². The van der Waals surface area contributed by atoms with E-state index in [1.54, 1.807) is 49.6 Å². The molecule has 31 heavy (non-hydrogen) atoms. The van der Waals surface area contributed by atoms with Crippen molar-refractivity contribution in [3.8, 4) is 34.3 Å². The zero-order valence-corrected chi connectivity index (χ0v) is 17.1.